The van der Waals surface area contributed by atoms with Gasteiger partial charge in [-0.05, 0) is 52.2 Å². The topological polar surface area (TPSA) is 90.3 Å². The molecule has 4 rings (SSSR count). The van der Waals surface area contributed by atoms with E-state index in [1.165, 1.54) is 6.07 Å². The van der Waals surface area contributed by atoms with Crippen LogP contribution in [0.4, 0.5) is 8.78 Å². The van der Waals surface area contributed by atoms with Gasteiger partial charge in [-0.25, -0.2) is 8.42 Å². The normalized spacial score (nSPS) is 24.2. The Morgan fingerprint density at radius 3 is 2.73 bits per heavy atom. The average molecular weight is 482 g/mol. The smallest absolute Gasteiger partial charge is 0.387 e. The molecule has 2 atom stereocenters. The third kappa shape index (κ3) is 5.05. The van der Waals surface area contributed by atoms with Gasteiger partial charge in [0.05, 0.1) is 22.7 Å². The summed E-state index contributed by atoms with van der Waals surface area (Å²) in [4.78, 5) is 13.1. The molecule has 0 spiro atoms. The number of halogens is 2. The van der Waals surface area contributed by atoms with Gasteiger partial charge in [0, 0.05) is 35.2 Å². The van der Waals surface area contributed by atoms with E-state index in [0.29, 0.717) is 36.9 Å². The van der Waals surface area contributed by atoms with E-state index in [1.807, 2.05) is 24.6 Å². The molecule has 180 valence electrons. The number of sulfone groups is 1. The molecule has 0 bridgehead atoms. The number of nitrogens with zero attached hydrogens (tertiary/aromatic N) is 2. The Labute approximate surface area is 192 Å². The highest BCUT2D eigenvalue weighted by Gasteiger charge is 2.41. The standard InChI is InChI=1S/C23H29F2N3O4S/c1-14(2)28-19-12-16(21(29)26-23(3)9-10-33(30,31)13-23)7-8-18(19)20(27-28)15-5-4-6-17(11-15)32-22(24)25/h4-6,11,14,16,22H,7-10,12-13H2,1-3H3,(H,26,29)/t16-,23+/m1/s1. The SMILES string of the molecule is CC(C)n1nc(-c2cccc(OC(F)F)c2)c2c1C[C@H](C(=O)N[C@@]1(C)CCS(=O)(=O)C1)CC2. The van der Waals surface area contributed by atoms with Crippen molar-refractivity contribution in [2.24, 2.45) is 5.92 Å². The number of aromatic nitrogens is 2. The minimum atomic E-state index is -3.12. The van der Waals surface area contributed by atoms with Crippen molar-refractivity contribution >= 4 is 15.7 Å². The Bertz CT molecular complexity index is 1160. The molecule has 2 aliphatic rings. The fourth-order valence-corrected chi connectivity index (χ4v) is 6.94. The summed E-state index contributed by atoms with van der Waals surface area (Å²) < 4.78 is 55.5. The molecule has 1 amide bonds. The van der Waals surface area contributed by atoms with Crippen LogP contribution in [0.2, 0.25) is 0 Å². The minimum Gasteiger partial charge on any atom is -0.435 e. The van der Waals surface area contributed by atoms with Crippen LogP contribution in [0.1, 0.15) is 50.9 Å². The minimum absolute atomic E-state index is 0.0329. The Balaban J connectivity index is 1.59. The van der Waals surface area contributed by atoms with Crippen LogP contribution in [0.5, 0.6) is 5.75 Å². The van der Waals surface area contributed by atoms with E-state index in [1.54, 1.807) is 19.1 Å². The van der Waals surface area contributed by atoms with Gasteiger partial charge in [0.2, 0.25) is 5.91 Å². The van der Waals surface area contributed by atoms with E-state index in [-0.39, 0.29) is 35.1 Å². The fraction of sp³-hybridized carbons (Fsp3) is 0.565. The maximum Gasteiger partial charge on any atom is 0.387 e. The molecule has 1 aliphatic heterocycles. The van der Waals surface area contributed by atoms with Crippen molar-refractivity contribution < 1.29 is 26.7 Å². The summed E-state index contributed by atoms with van der Waals surface area (Å²) in [5.74, 6) is -0.285. The van der Waals surface area contributed by atoms with Gasteiger partial charge < -0.3 is 10.1 Å². The van der Waals surface area contributed by atoms with E-state index < -0.39 is 22.0 Å². The maximum absolute atomic E-state index is 13.1. The lowest BCUT2D eigenvalue weighted by atomic mass is 9.84. The number of hydrogen-bond acceptors (Lipinski definition) is 5. The van der Waals surface area contributed by atoms with Gasteiger partial charge in [-0.3, -0.25) is 9.48 Å². The zero-order valence-corrected chi connectivity index (χ0v) is 19.8. The first-order chi connectivity index (χ1) is 15.5. The summed E-state index contributed by atoms with van der Waals surface area (Å²) in [6.45, 7) is 2.89. The molecule has 2 heterocycles. The van der Waals surface area contributed by atoms with E-state index in [4.69, 9.17) is 5.10 Å². The van der Waals surface area contributed by atoms with Crippen LogP contribution in [0.3, 0.4) is 0 Å². The Hall–Kier alpha value is -2.49. The highest BCUT2D eigenvalue weighted by molar-refractivity contribution is 7.91. The summed E-state index contributed by atoms with van der Waals surface area (Å²) in [7, 11) is -3.12. The van der Waals surface area contributed by atoms with Gasteiger partial charge in [-0.2, -0.15) is 13.9 Å². The van der Waals surface area contributed by atoms with Gasteiger partial charge >= 0.3 is 6.61 Å². The van der Waals surface area contributed by atoms with Gasteiger partial charge in [-0.15, -0.1) is 0 Å². The number of carbonyl (C=O) groups is 1. The van der Waals surface area contributed by atoms with Crippen LogP contribution >= 0.6 is 0 Å². The van der Waals surface area contributed by atoms with Gasteiger partial charge in [0.1, 0.15) is 5.75 Å². The Kier molecular flexibility index (Phi) is 6.24. The van der Waals surface area contributed by atoms with Crippen LogP contribution in [-0.2, 0) is 27.5 Å². The maximum atomic E-state index is 13.1. The van der Waals surface area contributed by atoms with Gasteiger partial charge in [-0.1, -0.05) is 12.1 Å². The molecular weight excluding hydrogens is 452 g/mol. The molecule has 0 unspecified atom stereocenters. The summed E-state index contributed by atoms with van der Waals surface area (Å²) in [5, 5.41) is 7.76. The van der Waals surface area contributed by atoms with Crippen molar-refractivity contribution in [3.8, 4) is 17.0 Å². The zero-order chi connectivity index (χ0) is 24.0. The second-order valence-electron chi connectivity index (χ2n) is 9.55. The van der Waals surface area contributed by atoms with Crippen molar-refractivity contribution in [1.82, 2.24) is 15.1 Å². The van der Waals surface area contributed by atoms with E-state index >= 15 is 0 Å². The number of nitrogens with one attached hydrogen (secondary N) is 1. The number of hydrogen-bond donors (Lipinski definition) is 1. The van der Waals surface area contributed by atoms with Crippen LogP contribution in [0.25, 0.3) is 11.3 Å². The number of carbonyl (C=O) groups excluding carboxylic acids is 1. The highest BCUT2D eigenvalue weighted by Crippen LogP contribution is 2.36. The van der Waals surface area contributed by atoms with E-state index in [9.17, 15) is 22.0 Å². The van der Waals surface area contributed by atoms with Crippen LogP contribution in [0.15, 0.2) is 24.3 Å². The average Bonchev–Trinajstić information content (AvgIpc) is 3.24. The number of rotatable bonds is 6. The largest absolute Gasteiger partial charge is 0.435 e. The van der Waals surface area contributed by atoms with Gasteiger partial charge in [0.25, 0.3) is 0 Å². The fourth-order valence-electron chi connectivity index (χ4n) is 4.85. The lowest BCUT2D eigenvalue weighted by Crippen LogP contribution is -2.50. The lowest BCUT2D eigenvalue weighted by molar-refractivity contribution is -0.127. The predicted molar refractivity (Wildman–Crippen MR) is 120 cm³/mol. The molecule has 1 aromatic heterocycles. The predicted octanol–water partition coefficient (Wildman–Crippen LogP) is 3.53. The first kappa shape index (κ1) is 23.7. The lowest BCUT2D eigenvalue weighted by Gasteiger charge is -2.29. The summed E-state index contributed by atoms with van der Waals surface area (Å²) in [5.41, 5.74) is 2.64. The number of benzene rings is 1. The van der Waals surface area contributed by atoms with Crippen LogP contribution in [-0.4, -0.2) is 47.8 Å². The molecule has 33 heavy (non-hydrogen) atoms. The molecule has 1 fully saturated rings. The monoisotopic (exact) mass is 481 g/mol. The number of amides is 1. The Morgan fingerprint density at radius 2 is 2.09 bits per heavy atom. The van der Waals surface area contributed by atoms with Crippen molar-refractivity contribution in [3.05, 3.63) is 35.5 Å². The van der Waals surface area contributed by atoms with Crippen molar-refractivity contribution in [1.29, 1.82) is 0 Å². The third-order valence-corrected chi connectivity index (χ3v) is 8.32. The molecule has 2 aromatic rings. The molecule has 1 aliphatic carbocycles. The first-order valence-electron chi connectivity index (χ1n) is 11.1. The third-order valence-electron chi connectivity index (χ3n) is 6.42. The van der Waals surface area contributed by atoms with E-state index in [0.717, 1.165) is 11.3 Å². The molecular formula is C23H29F2N3O4S. The molecule has 10 heteroatoms. The molecule has 0 saturated carbocycles. The Morgan fingerprint density at radius 1 is 1.33 bits per heavy atom. The molecule has 0 radical (unpaired) electrons. The van der Waals surface area contributed by atoms with Crippen molar-refractivity contribution in [2.75, 3.05) is 11.5 Å². The zero-order valence-electron chi connectivity index (χ0n) is 19.0. The number of ether oxygens (including phenoxy) is 1. The molecule has 1 N–H and O–H groups in total. The summed E-state index contributed by atoms with van der Waals surface area (Å²) in [6.07, 6.45) is 2.13. The second kappa shape index (κ2) is 8.70. The summed E-state index contributed by atoms with van der Waals surface area (Å²) >= 11 is 0. The molecule has 1 aromatic carbocycles. The van der Waals surface area contributed by atoms with Crippen LogP contribution in [0, 0.1) is 5.92 Å². The molecule has 7 nitrogen and oxygen atoms in total. The molecule has 1 saturated heterocycles. The van der Waals surface area contributed by atoms with Crippen molar-refractivity contribution in [3.63, 3.8) is 0 Å². The second-order valence-corrected chi connectivity index (χ2v) is 11.7. The first-order valence-corrected chi connectivity index (χ1v) is 13.0. The highest BCUT2D eigenvalue weighted by atomic mass is 32.2. The quantitative estimate of drug-likeness (QED) is 0.682. The van der Waals surface area contributed by atoms with Crippen molar-refractivity contribution in [2.45, 2.75) is 64.6 Å². The van der Waals surface area contributed by atoms with Crippen LogP contribution < -0.4 is 10.1 Å². The number of alkyl halides is 2. The van der Waals surface area contributed by atoms with Gasteiger partial charge in [0.15, 0.2) is 9.84 Å². The van der Waals surface area contributed by atoms with E-state index in [2.05, 4.69) is 10.1 Å². The summed E-state index contributed by atoms with van der Waals surface area (Å²) in [6, 6.07) is 6.55. The number of fused-ring (bicyclic) bond motifs is 1.